The maximum atomic E-state index is 5.70. The van der Waals surface area contributed by atoms with Crippen LogP contribution in [0.5, 0.6) is 5.75 Å². The standard InChI is InChI=1S/C17H22N2O/c1-13(2)20-17-6-4-5-15(9-17)11-19-12-16-7-8-18-10-14(16)3/h4-10,13,19H,11-12H2,1-3H3. The van der Waals surface area contributed by atoms with Crippen molar-refractivity contribution in [1.82, 2.24) is 10.3 Å². The Morgan fingerprint density at radius 1 is 1.20 bits per heavy atom. The van der Waals surface area contributed by atoms with Crippen molar-refractivity contribution >= 4 is 0 Å². The van der Waals surface area contributed by atoms with Gasteiger partial charge in [0.2, 0.25) is 0 Å². The SMILES string of the molecule is Cc1cnccc1CNCc1cccc(OC(C)C)c1. The Morgan fingerprint density at radius 3 is 2.80 bits per heavy atom. The van der Waals surface area contributed by atoms with Gasteiger partial charge in [0.15, 0.2) is 0 Å². The Morgan fingerprint density at radius 2 is 2.05 bits per heavy atom. The molecule has 0 fully saturated rings. The molecule has 0 saturated carbocycles. The van der Waals surface area contributed by atoms with Crippen LogP contribution >= 0.6 is 0 Å². The Labute approximate surface area is 121 Å². The van der Waals surface area contributed by atoms with Gasteiger partial charge >= 0.3 is 0 Å². The first-order valence-corrected chi connectivity index (χ1v) is 7.01. The molecule has 3 nitrogen and oxygen atoms in total. The summed E-state index contributed by atoms with van der Waals surface area (Å²) in [5.41, 5.74) is 3.74. The number of hydrogen-bond acceptors (Lipinski definition) is 3. The largest absolute Gasteiger partial charge is 0.491 e. The van der Waals surface area contributed by atoms with Gasteiger partial charge in [-0.2, -0.15) is 0 Å². The van der Waals surface area contributed by atoms with Gasteiger partial charge in [-0.15, -0.1) is 0 Å². The average molecular weight is 270 g/mol. The molecule has 0 atom stereocenters. The number of benzene rings is 1. The van der Waals surface area contributed by atoms with Gasteiger partial charge < -0.3 is 10.1 Å². The van der Waals surface area contributed by atoms with Crippen LogP contribution in [0.3, 0.4) is 0 Å². The fourth-order valence-corrected chi connectivity index (χ4v) is 2.04. The molecule has 20 heavy (non-hydrogen) atoms. The van der Waals surface area contributed by atoms with Gasteiger partial charge in [0.1, 0.15) is 5.75 Å². The van der Waals surface area contributed by atoms with Crippen LogP contribution in [0, 0.1) is 6.92 Å². The zero-order chi connectivity index (χ0) is 14.4. The molecule has 0 saturated heterocycles. The number of pyridine rings is 1. The Kier molecular flexibility index (Phi) is 5.13. The normalized spacial score (nSPS) is 10.8. The van der Waals surface area contributed by atoms with E-state index in [9.17, 15) is 0 Å². The number of ether oxygens (including phenoxy) is 1. The van der Waals surface area contributed by atoms with E-state index < -0.39 is 0 Å². The molecule has 3 heteroatoms. The first-order valence-electron chi connectivity index (χ1n) is 7.01. The Bertz CT molecular complexity index is 552. The van der Waals surface area contributed by atoms with Crippen LogP contribution in [0.25, 0.3) is 0 Å². The number of rotatable bonds is 6. The third kappa shape index (κ3) is 4.35. The molecular formula is C17H22N2O. The topological polar surface area (TPSA) is 34.2 Å². The number of nitrogens with one attached hydrogen (secondary N) is 1. The predicted octanol–water partition coefficient (Wildman–Crippen LogP) is 3.47. The third-order valence-electron chi connectivity index (χ3n) is 3.05. The number of nitrogens with zero attached hydrogens (tertiary/aromatic N) is 1. The summed E-state index contributed by atoms with van der Waals surface area (Å²) in [6.45, 7) is 7.84. The Balaban J connectivity index is 1.89. The van der Waals surface area contributed by atoms with E-state index in [1.165, 1.54) is 16.7 Å². The quantitative estimate of drug-likeness (QED) is 0.872. The zero-order valence-electron chi connectivity index (χ0n) is 12.4. The summed E-state index contributed by atoms with van der Waals surface area (Å²) in [6, 6.07) is 10.3. The van der Waals surface area contributed by atoms with E-state index in [2.05, 4.69) is 35.4 Å². The second-order valence-corrected chi connectivity index (χ2v) is 5.22. The minimum atomic E-state index is 0.206. The van der Waals surface area contributed by atoms with Gasteiger partial charge in [0, 0.05) is 25.5 Å². The molecule has 1 N–H and O–H groups in total. The second kappa shape index (κ2) is 7.06. The molecule has 1 aromatic heterocycles. The first kappa shape index (κ1) is 14.5. The molecule has 2 aromatic rings. The molecule has 1 aromatic carbocycles. The zero-order valence-corrected chi connectivity index (χ0v) is 12.4. The first-order chi connectivity index (χ1) is 9.65. The number of aryl methyl sites for hydroxylation is 1. The average Bonchev–Trinajstić information content (AvgIpc) is 2.41. The number of aromatic nitrogens is 1. The molecule has 0 amide bonds. The van der Waals surface area contributed by atoms with Crippen molar-refractivity contribution in [2.45, 2.75) is 40.0 Å². The van der Waals surface area contributed by atoms with E-state index in [0.29, 0.717) is 0 Å². The van der Waals surface area contributed by atoms with Crippen molar-refractivity contribution < 1.29 is 4.74 Å². The van der Waals surface area contributed by atoms with Crippen LogP contribution in [-0.2, 0) is 13.1 Å². The van der Waals surface area contributed by atoms with Crippen molar-refractivity contribution in [3.63, 3.8) is 0 Å². The molecule has 0 radical (unpaired) electrons. The lowest BCUT2D eigenvalue weighted by Gasteiger charge is -2.11. The van der Waals surface area contributed by atoms with Crippen LogP contribution < -0.4 is 10.1 Å². The Hall–Kier alpha value is -1.87. The van der Waals surface area contributed by atoms with Gasteiger partial charge in [-0.3, -0.25) is 4.98 Å². The third-order valence-corrected chi connectivity index (χ3v) is 3.05. The van der Waals surface area contributed by atoms with E-state index in [1.54, 1.807) is 0 Å². The summed E-state index contributed by atoms with van der Waals surface area (Å²) in [7, 11) is 0. The van der Waals surface area contributed by atoms with Crippen LogP contribution in [0.2, 0.25) is 0 Å². The van der Waals surface area contributed by atoms with Crippen LogP contribution in [0.1, 0.15) is 30.5 Å². The van der Waals surface area contributed by atoms with Gasteiger partial charge in [0.25, 0.3) is 0 Å². The molecular weight excluding hydrogens is 248 g/mol. The molecule has 1 heterocycles. The van der Waals surface area contributed by atoms with Crippen molar-refractivity contribution in [2.75, 3.05) is 0 Å². The smallest absolute Gasteiger partial charge is 0.120 e. The highest BCUT2D eigenvalue weighted by Crippen LogP contribution is 2.15. The molecule has 0 unspecified atom stereocenters. The van der Waals surface area contributed by atoms with E-state index in [-0.39, 0.29) is 6.10 Å². The lowest BCUT2D eigenvalue weighted by atomic mass is 10.1. The maximum absolute atomic E-state index is 5.70. The monoisotopic (exact) mass is 270 g/mol. The van der Waals surface area contributed by atoms with Crippen LogP contribution in [-0.4, -0.2) is 11.1 Å². The highest BCUT2D eigenvalue weighted by Gasteiger charge is 2.01. The lowest BCUT2D eigenvalue weighted by molar-refractivity contribution is 0.242. The fraction of sp³-hybridized carbons (Fsp3) is 0.353. The van der Waals surface area contributed by atoms with Crippen molar-refractivity contribution in [3.05, 3.63) is 59.4 Å². The summed E-state index contributed by atoms with van der Waals surface area (Å²) in [5.74, 6) is 0.930. The molecule has 0 aliphatic carbocycles. The van der Waals surface area contributed by atoms with Crippen LogP contribution in [0.15, 0.2) is 42.7 Å². The highest BCUT2D eigenvalue weighted by atomic mass is 16.5. The molecule has 106 valence electrons. The predicted molar refractivity (Wildman–Crippen MR) is 81.7 cm³/mol. The summed E-state index contributed by atoms with van der Waals surface area (Å²) in [5, 5.41) is 3.46. The lowest BCUT2D eigenvalue weighted by Crippen LogP contribution is -2.14. The van der Waals surface area contributed by atoms with Gasteiger partial charge in [-0.25, -0.2) is 0 Å². The van der Waals surface area contributed by atoms with E-state index in [4.69, 9.17) is 4.74 Å². The second-order valence-electron chi connectivity index (χ2n) is 5.22. The number of hydrogen-bond donors (Lipinski definition) is 1. The van der Waals surface area contributed by atoms with E-state index in [1.807, 2.05) is 38.4 Å². The highest BCUT2D eigenvalue weighted by molar-refractivity contribution is 5.29. The van der Waals surface area contributed by atoms with Crippen LogP contribution in [0.4, 0.5) is 0 Å². The van der Waals surface area contributed by atoms with Crippen molar-refractivity contribution in [2.24, 2.45) is 0 Å². The molecule has 2 rings (SSSR count). The minimum Gasteiger partial charge on any atom is -0.491 e. The van der Waals surface area contributed by atoms with Gasteiger partial charge in [0.05, 0.1) is 6.10 Å². The van der Waals surface area contributed by atoms with Crippen molar-refractivity contribution in [3.8, 4) is 5.75 Å². The molecule has 0 bridgehead atoms. The summed E-state index contributed by atoms with van der Waals surface area (Å²) >= 11 is 0. The summed E-state index contributed by atoms with van der Waals surface area (Å²) in [4.78, 5) is 4.11. The molecule has 0 aliphatic heterocycles. The van der Waals surface area contributed by atoms with Gasteiger partial charge in [-0.1, -0.05) is 12.1 Å². The van der Waals surface area contributed by atoms with E-state index >= 15 is 0 Å². The minimum absolute atomic E-state index is 0.206. The van der Waals surface area contributed by atoms with Gasteiger partial charge in [-0.05, 0) is 55.7 Å². The molecule has 0 aliphatic rings. The van der Waals surface area contributed by atoms with Crippen molar-refractivity contribution in [1.29, 1.82) is 0 Å². The fourth-order valence-electron chi connectivity index (χ4n) is 2.04. The summed E-state index contributed by atoms with van der Waals surface area (Å²) < 4.78 is 5.70. The molecule has 0 spiro atoms. The maximum Gasteiger partial charge on any atom is 0.120 e. The summed E-state index contributed by atoms with van der Waals surface area (Å²) in [6.07, 6.45) is 3.94. The van der Waals surface area contributed by atoms with E-state index in [0.717, 1.165) is 18.8 Å².